The van der Waals surface area contributed by atoms with E-state index < -0.39 is 0 Å². The van der Waals surface area contributed by atoms with E-state index in [-0.39, 0.29) is 12.6 Å². The molecule has 1 unspecified atom stereocenters. The molecule has 0 aliphatic carbocycles. The third kappa shape index (κ3) is 3.70. The number of benzene rings is 1. The molecule has 2 N–H and O–H groups in total. The Morgan fingerprint density at radius 1 is 1.47 bits per heavy atom. The van der Waals surface area contributed by atoms with Crippen molar-refractivity contribution in [2.75, 3.05) is 6.61 Å². The first-order chi connectivity index (χ1) is 7.27. The summed E-state index contributed by atoms with van der Waals surface area (Å²) < 4.78 is 0. The molecule has 15 heavy (non-hydrogen) atoms. The molecule has 1 atom stereocenters. The Hall–Kier alpha value is -1.37. The summed E-state index contributed by atoms with van der Waals surface area (Å²) in [5.41, 5.74) is 1.71. The molecule has 1 aromatic carbocycles. The van der Waals surface area contributed by atoms with E-state index in [4.69, 9.17) is 10.4 Å². The van der Waals surface area contributed by atoms with E-state index >= 15 is 0 Å². The van der Waals surface area contributed by atoms with Crippen LogP contribution in [0.3, 0.4) is 0 Å². The van der Waals surface area contributed by atoms with Gasteiger partial charge in [-0.25, -0.2) is 0 Å². The van der Waals surface area contributed by atoms with Crippen molar-refractivity contribution in [3.63, 3.8) is 0 Å². The van der Waals surface area contributed by atoms with Crippen LogP contribution >= 0.6 is 0 Å². The number of hydrogen-bond acceptors (Lipinski definition) is 3. The fourth-order valence-corrected chi connectivity index (χ4v) is 1.36. The van der Waals surface area contributed by atoms with E-state index in [0.717, 1.165) is 12.0 Å². The molecule has 0 saturated heterocycles. The number of hydrogen-bond donors (Lipinski definition) is 2. The monoisotopic (exact) mass is 204 g/mol. The molecule has 0 aliphatic rings. The summed E-state index contributed by atoms with van der Waals surface area (Å²) in [6.45, 7) is 2.88. The smallest absolute Gasteiger partial charge is 0.0995 e. The van der Waals surface area contributed by atoms with E-state index in [1.807, 2.05) is 31.2 Å². The lowest BCUT2D eigenvalue weighted by atomic mass is 10.1. The number of aliphatic hydroxyl groups excluding tert-OH is 1. The van der Waals surface area contributed by atoms with Crippen molar-refractivity contribution < 1.29 is 5.11 Å². The topological polar surface area (TPSA) is 56.0 Å². The van der Waals surface area contributed by atoms with Crippen LogP contribution in [0.5, 0.6) is 0 Å². The first-order valence-electron chi connectivity index (χ1n) is 5.10. The third-order valence-electron chi connectivity index (χ3n) is 2.34. The van der Waals surface area contributed by atoms with Crippen LogP contribution in [0.2, 0.25) is 0 Å². The van der Waals surface area contributed by atoms with Gasteiger partial charge in [-0.3, -0.25) is 0 Å². The highest BCUT2D eigenvalue weighted by molar-refractivity contribution is 5.37. The van der Waals surface area contributed by atoms with Crippen molar-refractivity contribution in [2.24, 2.45) is 0 Å². The van der Waals surface area contributed by atoms with Gasteiger partial charge in [-0.15, -0.1) is 0 Å². The van der Waals surface area contributed by atoms with Crippen molar-refractivity contribution in [1.29, 1.82) is 5.26 Å². The largest absolute Gasteiger partial charge is 0.396 e. The molecule has 0 fully saturated rings. The zero-order valence-electron chi connectivity index (χ0n) is 8.90. The van der Waals surface area contributed by atoms with Gasteiger partial charge in [-0.1, -0.05) is 18.2 Å². The molecule has 80 valence electrons. The molecule has 3 heteroatoms. The van der Waals surface area contributed by atoms with Crippen molar-refractivity contribution in [2.45, 2.75) is 25.9 Å². The highest BCUT2D eigenvalue weighted by Gasteiger charge is 2.03. The normalized spacial score (nSPS) is 12.1. The number of nitrogens with one attached hydrogen (secondary N) is 1. The quantitative estimate of drug-likeness (QED) is 0.762. The fourth-order valence-electron chi connectivity index (χ4n) is 1.36. The molecule has 0 saturated carbocycles. The van der Waals surface area contributed by atoms with Gasteiger partial charge >= 0.3 is 0 Å². The SMILES string of the molecule is CC(CCO)NCc1ccccc1C#N. The third-order valence-corrected chi connectivity index (χ3v) is 2.34. The molecule has 1 aromatic rings. The second-order valence-corrected chi connectivity index (χ2v) is 3.56. The first-order valence-corrected chi connectivity index (χ1v) is 5.10. The van der Waals surface area contributed by atoms with E-state index in [9.17, 15) is 0 Å². The van der Waals surface area contributed by atoms with Gasteiger partial charge in [0.2, 0.25) is 0 Å². The molecule has 0 radical (unpaired) electrons. The molecule has 1 rings (SSSR count). The number of nitrogens with zero attached hydrogens (tertiary/aromatic N) is 1. The zero-order chi connectivity index (χ0) is 11.1. The second-order valence-electron chi connectivity index (χ2n) is 3.56. The Bertz CT molecular complexity index is 344. The Morgan fingerprint density at radius 3 is 2.87 bits per heavy atom. The Balaban J connectivity index is 2.54. The maximum Gasteiger partial charge on any atom is 0.0995 e. The van der Waals surface area contributed by atoms with E-state index in [1.54, 1.807) is 0 Å². The molecule has 0 amide bonds. The fraction of sp³-hybridized carbons (Fsp3) is 0.417. The summed E-state index contributed by atoms with van der Waals surface area (Å²) >= 11 is 0. The van der Waals surface area contributed by atoms with Crippen molar-refractivity contribution >= 4 is 0 Å². The maximum atomic E-state index is 8.87. The lowest BCUT2D eigenvalue weighted by Gasteiger charge is -2.12. The van der Waals surface area contributed by atoms with Crippen LogP contribution in [0.15, 0.2) is 24.3 Å². The molecule has 0 spiro atoms. The van der Waals surface area contributed by atoms with Crippen LogP contribution in [0.4, 0.5) is 0 Å². The standard InChI is InChI=1S/C12H16N2O/c1-10(6-7-15)14-9-12-5-3-2-4-11(12)8-13/h2-5,10,14-15H,6-7,9H2,1H3. The van der Waals surface area contributed by atoms with Gasteiger partial charge in [0, 0.05) is 19.2 Å². The van der Waals surface area contributed by atoms with Crippen LogP contribution < -0.4 is 5.32 Å². The first kappa shape index (κ1) is 11.7. The number of rotatable bonds is 5. The van der Waals surface area contributed by atoms with Crippen LogP contribution in [-0.2, 0) is 6.54 Å². The van der Waals surface area contributed by atoms with Gasteiger partial charge in [0.05, 0.1) is 11.6 Å². The lowest BCUT2D eigenvalue weighted by molar-refractivity contribution is 0.268. The Morgan fingerprint density at radius 2 is 2.20 bits per heavy atom. The highest BCUT2D eigenvalue weighted by Crippen LogP contribution is 2.07. The molecule has 0 bridgehead atoms. The second kappa shape index (κ2) is 6.18. The summed E-state index contributed by atoms with van der Waals surface area (Å²) in [5.74, 6) is 0. The Labute approximate surface area is 90.4 Å². The van der Waals surface area contributed by atoms with Crippen molar-refractivity contribution in [3.05, 3.63) is 35.4 Å². The maximum absolute atomic E-state index is 8.87. The minimum absolute atomic E-state index is 0.189. The van der Waals surface area contributed by atoms with Crippen LogP contribution in [-0.4, -0.2) is 17.8 Å². The number of aliphatic hydroxyl groups is 1. The summed E-state index contributed by atoms with van der Waals surface area (Å²) in [6, 6.07) is 9.97. The summed E-state index contributed by atoms with van der Waals surface area (Å²) in [7, 11) is 0. The zero-order valence-corrected chi connectivity index (χ0v) is 8.90. The summed E-state index contributed by atoms with van der Waals surface area (Å²) in [5, 5.41) is 20.9. The van der Waals surface area contributed by atoms with Gasteiger partial charge < -0.3 is 10.4 Å². The molecule has 0 aromatic heterocycles. The van der Waals surface area contributed by atoms with Gasteiger partial charge in [0.15, 0.2) is 0 Å². The lowest BCUT2D eigenvalue weighted by Crippen LogP contribution is -2.26. The summed E-state index contributed by atoms with van der Waals surface area (Å²) in [4.78, 5) is 0. The van der Waals surface area contributed by atoms with Crippen LogP contribution in [0.1, 0.15) is 24.5 Å². The van der Waals surface area contributed by atoms with Crippen molar-refractivity contribution in [3.8, 4) is 6.07 Å². The van der Waals surface area contributed by atoms with E-state index in [2.05, 4.69) is 11.4 Å². The molecule has 3 nitrogen and oxygen atoms in total. The van der Waals surface area contributed by atoms with Gasteiger partial charge in [0.1, 0.15) is 0 Å². The predicted octanol–water partition coefficient (Wildman–Crippen LogP) is 1.42. The van der Waals surface area contributed by atoms with Crippen molar-refractivity contribution in [1.82, 2.24) is 5.32 Å². The molecule has 0 aliphatic heterocycles. The van der Waals surface area contributed by atoms with E-state index in [0.29, 0.717) is 12.1 Å². The minimum atomic E-state index is 0.189. The van der Waals surface area contributed by atoms with Gasteiger partial charge in [-0.05, 0) is 25.0 Å². The molecule has 0 heterocycles. The van der Waals surface area contributed by atoms with Crippen LogP contribution in [0.25, 0.3) is 0 Å². The van der Waals surface area contributed by atoms with Gasteiger partial charge in [-0.2, -0.15) is 5.26 Å². The van der Waals surface area contributed by atoms with E-state index in [1.165, 1.54) is 0 Å². The average Bonchev–Trinajstić information content (AvgIpc) is 2.27. The summed E-state index contributed by atoms with van der Waals surface area (Å²) in [6.07, 6.45) is 0.731. The average molecular weight is 204 g/mol. The Kier molecular flexibility index (Phi) is 4.82. The van der Waals surface area contributed by atoms with Gasteiger partial charge in [0.25, 0.3) is 0 Å². The highest BCUT2D eigenvalue weighted by atomic mass is 16.3. The van der Waals surface area contributed by atoms with Crippen LogP contribution in [0, 0.1) is 11.3 Å². The predicted molar refractivity (Wildman–Crippen MR) is 59.2 cm³/mol. The minimum Gasteiger partial charge on any atom is -0.396 e. The molecular weight excluding hydrogens is 188 g/mol. The number of nitriles is 1. The molecular formula is C12H16N2O.